The van der Waals surface area contributed by atoms with E-state index in [1.165, 1.54) is 0 Å². The van der Waals surface area contributed by atoms with Gasteiger partial charge in [-0.05, 0) is 32.1 Å². The van der Waals surface area contributed by atoms with Crippen LogP contribution in [0.2, 0.25) is 0 Å². The summed E-state index contributed by atoms with van der Waals surface area (Å²) in [5, 5.41) is 3.10. The van der Waals surface area contributed by atoms with Gasteiger partial charge in [-0.1, -0.05) is 0 Å². The van der Waals surface area contributed by atoms with E-state index in [-0.39, 0.29) is 0 Å². The number of oxazole rings is 1. The molecule has 2 aromatic rings. The third kappa shape index (κ3) is 2.97. The maximum Gasteiger partial charge on any atom is 0.201 e. The number of hydrogen-bond acceptors (Lipinski definition) is 4. The topological polar surface area (TPSA) is 51.2 Å². The molecule has 0 atom stereocenters. The van der Waals surface area contributed by atoms with E-state index in [1.54, 1.807) is 12.5 Å². The zero-order valence-electron chi connectivity index (χ0n) is 9.40. The summed E-state index contributed by atoms with van der Waals surface area (Å²) < 4.78 is 10.8. The molecule has 0 aliphatic carbocycles. The predicted molar refractivity (Wildman–Crippen MR) is 60.3 cm³/mol. The van der Waals surface area contributed by atoms with Crippen molar-refractivity contribution in [2.45, 2.75) is 19.3 Å². The Hall–Kier alpha value is -1.55. The second kappa shape index (κ2) is 5.51. The van der Waals surface area contributed by atoms with Gasteiger partial charge in [-0.3, -0.25) is 0 Å². The zero-order valence-corrected chi connectivity index (χ0v) is 9.40. The van der Waals surface area contributed by atoms with Crippen LogP contribution < -0.4 is 5.32 Å². The van der Waals surface area contributed by atoms with E-state index in [2.05, 4.69) is 10.3 Å². The van der Waals surface area contributed by atoms with Crippen LogP contribution in [0, 0.1) is 0 Å². The third-order valence-corrected chi connectivity index (χ3v) is 2.36. The maximum absolute atomic E-state index is 5.60. The fraction of sp³-hybridized carbons (Fsp3) is 0.417. The molecule has 2 aromatic heterocycles. The predicted octanol–water partition coefficient (Wildman–Crippen LogP) is 2.01. The molecule has 4 nitrogen and oxygen atoms in total. The molecule has 0 saturated carbocycles. The minimum absolute atomic E-state index is 0.624. The Morgan fingerprint density at radius 1 is 1.38 bits per heavy atom. The molecular formula is C12H16N2O2. The van der Waals surface area contributed by atoms with Crippen LogP contribution >= 0.6 is 0 Å². The first kappa shape index (κ1) is 11.0. The van der Waals surface area contributed by atoms with Crippen molar-refractivity contribution in [2.75, 3.05) is 13.6 Å². The molecule has 1 N–H and O–H groups in total. The smallest absolute Gasteiger partial charge is 0.201 e. The first-order valence-electron chi connectivity index (χ1n) is 5.49. The minimum atomic E-state index is 0.624. The molecule has 2 rings (SSSR count). The van der Waals surface area contributed by atoms with Crippen molar-refractivity contribution < 1.29 is 8.83 Å². The van der Waals surface area contributed by atoms with Crippen LogP contribution in [-0.2, 0) is 12.8 Å². The van der Waals surface area contributed by atoms with E-state index in [9.17, 15) is 0 Å². The molecule has 4 heteroatoms. The normalized spacial score (nSPS) is 10.8. The lowest BCUT2D eigenvalue weighted by Gasteiger charge is -1.95. The molecule has 0 radical (unpaired) electrons. The summed E-state index contributed by atoms with van der Waals surface area (Å²) in [6.45, 7) is 0.994. The van der Waals surface area contributed by atoms with E-state index in [4.69, 9.17) is 8.83 Å². The van der Waals surface area contributed by atoms with Crippen molar-refractivity contribution in [3.05, 3.63) is 42.0 Å². The Balaban J connectivity index is 1.87. The number of nitrogens with one attached hydrogen (secondary N) is 1. The van der Waals surface area contributed by atoms with Gasteiger partial charge in [-0.25, -0.2) is 4.98 Å². The second-order valence-corrected chi connectivity index (χ2v) is 3.68. The molecule has 2 heterocycles. The molecule has 0 fully saturated rings. The summed E-state index contributed by atoms with van der Waals surface area (Å²) in [7, 11) is 1.95. The third-order valence-electron chi connectivity index (χ3n) is 2.36. The van der Waals surface area contributed by atoms with E-state index in [0.717, 1.165) is 36.8 Å². The lowest BCUT2D eigenvalue weighted by molar-refractivity contribution is 0.436. The molecule has 16 heavy (non-hydrogen) atoms. The molecule has 0 aliphatic rings. The Morgan fingerprint density at radius 2 is 2.31 bits per heavy atom. The summed E-state index contributed by atoms with van der Waals surface area (Å²) >= 11 is 0. The van der Waals surface area contributed by atoms with Crippen LogP contribution in [0.5, 0.6) is 0 Å². The van der Waals surface area contributed by atoms with Gasteiger partial charge in [0.15, 0.2) is 0 Å². The molecule has 0 aromatic carbocycles. The number of aromatic nitrogens is 1. The molecular weight excluding hydrogens is 204 g/mol. The highest BCUT2D eigenvalue weighted by atomic mass is 16.4. The van der Waals surface area contributed by atoms with Gasteiger partial charge in [-0.2, -0.15) is 0 Å². The number of nitrogens with zero attached hydrogens (tertiary/aromatic N) is 1. The lowest BCUT2D eigenvalue weighted by Crippen LogP contribution is -2.08. The number of hydrogen-bond donors (Lipinski definition) is 1. The minimum Gasteiger partial charge on any atom is -0.469 e. The highest BCUT2D eigenvalue weighted by molar-refractivity contribution is 5.06. The fourth-order valence-corrected chi connectivity index (χ4v) is 1.55. The van der Waals surface area contributed by atoms with Crippen LogP contribution in [-0.4, -0.2) is 18.6 Å². The van der Waals surface area contributed by atoms with Gasteiger partial charge in [0.1, 0.15) is 11.5 Å². The SMILES string of the molecule is CNCCCc1cnc(Cc2ccco2)o1. The first-order chi connectivity index (χ1) is 7.88. The van der Waals surface area contributed by atoms with Crippen LogP contribution in [0.3, 0.4) is 0 Å². The maximum atomic E-state index is 5.60. The first-order valence-corrected chi connectivity index (χ1v) is 5.49. The van der Waals surface area contributed by atoms with Crippen LogP contribution in [0.25, 0.3) is 0 Å². The Bertz CT molecular complexity index is 406. The van der Waals surface area contributed by atoms with E-state index >= 15 is 0 Å². The van der Waals surface area contributed by atoms with Crippen molar-refractivity contribution in [2.24, 2.45) is 0 Å². The fourth-order valence-electron chi connectivity index (χ4n) is 1.55. The zero-order chi connectivity index (χ0) is 11.2. The summed E-state index contributed by atoms with van der Waals surface area (Å²) in [5.74, 6) is 2.54. The molecule has 0 saturated heterocycles. The highest BCUT2D eigenvalue weighted by Gasteiger charge is 2.06. The molecule has 0 unspecified atom stereocenters. The quantitative estimate of drug-likeness (QED) is 0.756. The second-order valence-electron chi connectivity index (χ2n) is 3.68. The Labute approximate surface area is 94.7 Å². The van der Waals surface area contributed by atoms with Gasteiger partial charge in [0.05, 0.1) is 18.9 Å². The average molecular weight is 220 g/mol. The average Bonchev–Trinajstić information content (AvgIpc) is 2.91. The van der Waals surface area contributed by atoms with Crippen LogP contribution in [0.4, 0.5) is 0 Å². The van der Waals surface area contributed by atoms with Gasteiger partial charge in [0.25, 0.3) is 0 Å². The van der Waals surface area contributed by atoms with Crippen molar-refractivity contribution in [1.29, 1.82) is 0 Å². The standard InChI is InChI=1S/C12H16N2O2/c1-13-6-2-4-11-9-14-12(16-11)8-10-5-3-7-15-10/h3,5,7,9,13H,2,4,6,8H2,1H3. The molecule has 0 spiro atoms. The van der Waals surface area contributed by atoms with E-state index < -0.39 is 0 Å². The Kier molecular flexibility index (Phi) is 3.77. The van der Waals surface area contributed by atoms with Gasteiger partial charge >= 0.3 is 0 Å². The largest absolute Gasteiger partial charge is 0.469 e. The van der Waals surface area contributed by atoms with Gasteiger partial charge < -0.3 is 14.2 Å². The van der Waals surface area contributed by atoms with Crippen molar-refractivity contribution >= 4 is 0 Å². The highest BCUT2D eigenvalue weighted by Crippen LogP contribution is 2.11. The van der Waals surface area contributed by atoms with Crippen LogP contribution in [0.1, 0.15) is 23.8 Å². The van der Waals surface area contributed by atoms with Gasteiger partial charge in [0.2, 0.25) is 5.89 Å². The van der Waals surface area contributed by atoms with E-state index in [1.807, 2.05) is 19.2 Å². The summed E-state index contributed by atoms with van der Waals surface area (Å²) in [6.07, 6.45) is 6.07. The monoisotopic (exact) mass is 220 g/mol. The van der Waals surface area contributed by atoms with Crippen molar-refractivity contribution in [3.63, 3.8) is 0 Å². The lowest BCUT2D eigenvalue weighted by atomic mass is 10.3. The Morgan fingerprint density at radius 3 is 3.06 bits per heavy atom. The number of rotatable bonds is 6. The summed E-state index contributed by atoms with van der Waals surface area (Å²) in [6, 6.07) is 3.79. The summed E-state index contributed by atoms with van der Waals surface area (Å²) in [5.41, 5.74) is 0. The van der Waals surface area contributed by atoms with Crippen molar-refractivity contribution in [3.8, 4) is 0 Å². The summed E-state index contributed by atoms with van der Waals surface area (Å²) in [4.78, 5) is 4.22. The molecule has 0 bridgehead atoms. The van der Waals surface area contributed by atoms with E-state index in [0.29, 0.717) is 6.42 Å². The molecule has 0 amide bonds. The number of furan rings is 1. The molecule has 86 valence electrons. The van der Waals surface area contributed by atoms with Gasteiger partial charge in [-0.15, -0.1) is 0 Å². The van der Waals surface area contributed by atoms with Crippen LogP contribution in [0.15, 0.2) is 33.4 Å². The molecule has 0 aliphatic heterocycles. The number of aryl methyl sites for hydroxylation is 1. The van der Waals surface area contributed by atoms with Crippen molar-refractivity contribution in [1.82, 2.24) is 10.3 Å². The van der Waals surface area contributed by atoms with Gasteiger partial charge in [0, 0.05) is 6.42 Å².